The van der Waals surface area contributed by atoms with Crippen LogP contribution in [0.3, 0.4) is 0 Å². The predicted octanol–water partition coefficient (Wildman–Crippen LogP) is 2.52. The SMILES string of the molecule is CC(Cc1csc(C(C)(F)F)n1)C(=O)O. The molecule has 15 heavy (non-hydrogen) atoms. The maximum absolute atomic E-state index is 12.8. The summed E-state index contributed by atoms with van der Waals surface area (Å²) in [6, 6.07) is 0. The molecule has 0 fully saturated rings. The van der Waals surface area contributed by atoms with Gasteiger partial charge in [-0.25, -0.2) is 4.98 Å². The Morgan fingerprint density at radius 2 is 2.33 bits per heavy atom. The number of alkyl halides is 2. The minimum atomic E-state index is -2.95. The molecular weight excluding hydrogens is 224 g/mol. The summed E-state index contributed by atoms with van der Waals surface area (Å²) in [6.07, 6.45) is 0.182. The smallest absolute Gasteiger partial charge is 0.306 e. The minimum absolute atomic E-state index is 0.182. The molecule has 0 aliphatic carbocycles. The number of aromatic nitrogens is 1. The van der Waals surface area contributed by atoms with Crippen molar-refractivity contribution < 1.29 is 18.7 Å². The van der Waals surface area contributed by atoms with Crippen molar-refractivity contribution in [2.24, 2.45) is 5.92 Å². The molecule has 0 spiro atoms. The van der Waals surface area contributed by atoms with Crippen molar-refractivity contribution in [3.05, 3.63) is 16.1 Å². The van der Waals surface area contributed by atoms with Crippen molar-refractivity contribution in [3.63, 3.8) is 0 Å². The van der Waals surface area contributed by atoms with Gasteiger partial charge in [0.15, 0.2) is 5.01 Å². The van der Waals surface area contributed by atoms with Gasteiger partial charge in [0, 0.05) is 18.7 Å². The van der Waals surface area contributed by atoms with Crippen LogP contribution in [0, 0.1) is 5.92 Å². The average molecular weight is 235 g/mol. The molecular formula is C9H11F2NO2S. The van der Waals surface area contributed by atoms with E-state index in [1.165, 1.54) is 12.3 Å². The lowest BCUT2D eigenvalue weighted by atomic mass is 10.1. The summed E-state index contributed by atoms with van der Waals surface area (Å²) in [4.78, 5) is 14.2. The summed E-state index contributed by atoms with van der Waals surface area (Å²) >= 11 is 0.856. The first kappa shape index (κ1) is 12.0. The maximum atomic E-state index is 12.8. The number of carboxylic acid groups (broad SMARTS) is 1. The zero-order valence-electron chi connectivity index (χ0n) is 8.33. The highest BCUT2D eigenvalue weighted by Gasteiger charge is 2.28. The van der Waals surface area contributed by atoms with Gasteiger partial charge in [0.1, 0.15) is 0 Å². The van der Waals surface area contributed by atoms with E-state index < -0.39 is 17.8 Å². The third-order valence-electron chi connectivity index (χ3n) is 1.86. The fourth-order valence-electron chi connectivity index (χ4n) is 1.00. The van der Waals surface area contributed by atoms with Crippen LogP contribution in [-0.2, 0) is 17.1 Å². The van der Waals surface area contributed by atoms with E-state index in [4.69, 9.17) is 5.11 Å². The van der Waals surface area contributed by atoms with Crippen molar-refractivity contribution in [1.29, 1.82) is 0 Å². The highest BCUT2D eigenvalue weighted by Crippen LogP contribution is 2.30. The second-order valence-corrected chi connectivity index (χ2v) is 4.33. The van der Waals surface area contributed by atoms with Crippen molar-refractivity contribution in [3.8, 4) is 0 Å². The number of hydrogen-bond acceptors (Lipinski definition) is 3. The topological polar surface area (TPSA) is 50.2 Å². The Labute approximate surface area is 89.8 Å². The average Bonchev–Trinajstić information content (AvgIpc) is 2.51. The Hall–Kier alpha value is -1.04. The van der Waals surface area contributed by atoms with Gasteiger partial charge in [-0.15, -0.1) is 11.3 Å². The zero-order chi connectivity index (χ0) is 11.6. The molecule has 1 aromatic rings. The number of aliphatic carboxylic acids is 1. The number of thiazole rings is 1. The van der Waals surface area contributed by atoms with Crippen LogP contribution in [0.15, 0.2) is 5.38 Å². The lowest BCUT2D eigenvalue weighted by molar-refractivity contribution is -0.141. The van der Waals surface area contributed by atoms with Crippen LogP contribution >= 0.6 is 11.3 Å². The molecule has 0 aliphatic rings. The lowest BCUT2D eigenvalue weighted by Gasteiger charge is -2.05. The summed E-state index contributed by atoms with van der Waals surface area (Å²) < 4.78 is 25.6. The fourth-order valence-corrected chi connectivity index (χ4v) is 1.78. The van der Waals surface area contributed by atoms with E-state index in [0.717, 1.165) is 18.3 Å². The Balaban J connectivity index is 2.73. The van der Waals surface area contributed by atoms with E-state index >= 15 is 0 Å². The van der Waals surface area contributed by atoms with Crippen LogP contribution in [-0.4, -0.2) is 16.1 Å². The summed E-state index contributed by atoms with van der Waals surface area (Å²) in [5.74, 6) is -4.51. The molecule has 0 saturated carbocycles. The number of hydrogen-bond donors (Lipinski definition) is 1. The predicted molar refractivity (Wildman–Crippen MR) is 52.2 cm³/mol. The van der Waals surface area contributed by atoms with Gasteiger partial charge in [0.25, 0.3) is 5.92 Å². The van der Waals surface area contributed by atoms with Crippen molar-refractivity contribution >= 4 is 17.3 Å². The van der Waals surface area contributed by atoms with Gasteiger partial charge in [-0.3, -0.25) is 4.79 Å². The van der Waals surface area contributed by atoms with Gasteiger partial charge in [0.2, 0.25) is 0 Å². The van der Waals surface area contributed by atoms with E-state index in [0.29, 0.717) is 5.69 Å². The van der Waals surface area contributed by atoms with E-state index in [1.807, 2.05) is 0 Å². The lowest BCUT2D eigenvalue weighted by Crippen LogP contribution is -2.13. The second-order valence-electron chi connectivity index (χ2n) is 3.48. The van der Waals surface area contributed by atoms with Crippen LogP contribution in [0.5, 0.6) is 0 Å². The molecule has 1 rings (SSSR count). The number of carboxylic acids is 1. The molecule has 0 aromatic carbocycles. The summed E-state index contributed by atoms with van der Waals surface area (Å²) in [5.41, 5.74) is 0.409. The molecule has 0 aliphatic heterocycles. The van der Waals surface area contributed by atoms with Crippen LogP contribution < -0.4 is 0 Å². The largest absolute Gasteiger partial charge is 0.481 e. The van der Waals surface area contributed by atoms with E-state index in [1.54, 1.807) is 0 Å². The van der Waals surface area contributed by atoms with Gasteiger partial charge >= 0.3 is 5.97 Å². The summed E-state index contributed by atoms with van der Waals surface area (Å²) in [5, 5.41) is 9.85. The first-order chi connectivity index (χ1) is 6.80. The molecule has 1 aromatic heterocycles. The Morgan fingerprint density at radius 1 is 1.73 bits per heavy atom. The third-order valence-corrected chi connectivity index (χ3v) is 2.93. The van der Waals surface area contributed by atoms with Crippen LogP contribution in [0.2, 0.25) is 0 Å². The van der Waals surface area contributed by atoms with Crippen LogP contribution in [0.25, 0.3) is 0 Å². The molecule has 1 heterocycles. The van der Waals surface area contributed by atoms with Crippen molar-refractivity contribution in [2.75, 3.05) is 0 Å². The molecule has 3 nitrogen and oxygen atoms in total. The third kappa shape index (κ3) is 3.23. The first-order valence-electron chi connectivity index (χ1n) is 4.36. The fraction of sp³-hybridized carbons (Fsp3) is 0.556. The molecule has 0 bridgehead atoms. The van der Waals surface area contributed by atoms with Crippen molar-refractivity contribution in [2.45, 2.75) is 26.2 Å². The van der Waals surface area contributed by atoms with E-state index in [-0.39, 0.29) is 11.4 Å². The van der Waals surface area contributed by atoms with Gasteiger partial charge in [-0.1, -0.05) is 6.92 Å². The number of rotatable bonds is 4. The van der Waals surface area contributed by atoms with Gasteiger partial charge in [-0.05, 0) is 0 Å². The standard InChI is InChI=1S/C9H11F2NO2S/c1-5(7(13)14)3-6-4-15-8(12-6)9(2,10)11/h4-5H,3H2,1-2H3,(H,13,14). The quantitative estimate of drug-likeness (QED) is 0.872. The Kier molecular flexibility index (Phi) is 3.38. The molecule has 1 atom stereocenters. The van der Waals surface area contributed by atoms with Crippen molar-refractivity contribution in [1.82, 2.24) is 4.98 Å². The molecule has 1 unspecified atom stereocenters. The highest BCUT2D eigenvalue weighted by molar-refractivity contribution is 7.09. The van der Waals surface area contributed by atoms with Gasteiger partial charge in [-0.2, -0.15) is 8.78 Å². The molecule has 0 radical (unpaired) electrons. The molecule has 0 amide bonds. The zero-order valence-corrected chi connectivity index (χ0v) is 9.15. The van der Waals surface area contributed by atoms with Crippen LogP contribution in [0.1, 0.15) is 24.5 Å². The van der Waals surface area contributed by atoms with Gasteiger partial charge in [0.05, 0.1) is 11.6 Å². The molecule has 84 valence electrons. The van der Waals surface area contributed by atoms with E-state index in [2.05, 4.69) is 4.98 Å². The molecule has 1 N–H and O–H groups in total. The molecule has 6 heteroatoms. The molecule has 0 saturated heterocycles. The van der Waals surface area contributed by atoms with Gasteiger partial charge < -0.3 is 5.11 Å². The minimum Gasteiger partial charge on any atom is -0.481 e. The van der Waals surface area contributed by atoms with E-state index in [9.17, 15) is 13.6 Å². The Morgan fingerprint density at radius 3 is 2.73 bits per heavy atom. The summed E-state index contributed by atoms with van der Waals surface area (Å²) in [6.45, 7) is 2.29. The first-order valence-corrected chi connectivity index (χ1v) is 5.24. The maximum Gasteiger partial charge on any atom is 0.306 e. The second kappa shape index (κ2) is 4.22. The normalized spacial score (nSPS) is 13.9. The number of nitrogens with zero attached hydrogens (tertiary/aromatic N) is 1. The number of carbonyl (C=O) groups is 1. The monoisotopic (exact) mass is 235 g/mol. The number of halogens is 2. The van der Waals surface area contributed by atoms with Crippen LogP contribution in [0.4, 0.5) is 8.78 Å². The summed E-state index contributed by atoms with van der Waals surface area (Å²) in [7, 11) is 0. The Bertz CT molecular complexity index is 359. The highest BCUT2D eigenvalue weighted by atomic mass is 32.1.